The molecule has 0 bridgehead atoms. The van der Waals surface area contributed by atoms with Crippen molar-refractivity contribution < 1.29 is 54.2 Å². The summed E-state index contributed by atoms with van der Waals surface area (Å²) in [5, 5.41) is 21.5. The molecule has 2 aliphatic heterocycles. The predicted octanol–water partition coefficient (Wildman–Crippen LogP) is -4.60. The predicted molar refractivity (Wildman–Crippen MR) is 76.3 cm³/mol. The molecule has 0 radical (unpaired) electrons. The van der Waals surface area contributed by atoms with Gasteiger partial charge in [0.1, 0.15) is 0 Å². The number of aliphatic carboxylic acids is 1. The number of nitrogens with two attached hydrogens (primary N) is 1. The van der Waals surface area contributed by atoms with Gasteiger partial charge in [0.15, 0.2) is 0 Å². The van der Waals surface area contributed by atoms with Crippen LogP contribution >= 0.6 is 0 Å². The van der Waals surface area contributed by atoms with Crippen molar-refractivity contribution in [2.24, 2.45) is 17.6 Å². The second-order valence-corrected chi connectivity index (χ2v) is 6.56. The van der Waals surface area contributed by atoms with Gasteiger partial charge < -0.3 is 30.5 Å². The fourth-order valence-electron chi connectivity index (χ4n) is 4.40. The van der Waals surface area contributed by atoms with Crippen molar-refractivity contribution in [1.82, 2.24) is 9.80 Å². The Labute approximate surface area is 161 Å². The number of carbonyl (C=O) groups excluding carboxylic acids is 3. The number of hydrogen-bond acceptors (Lipinski definition) is 5. The second-order valence-electron chi connectivity index (χ2n) is 6.56. The molecule has 0 spiro atoms. The van der Waals surface area contributed by atoms with E-state index in [2.05, 4.69) is 0 Å². The van der Waals surface area contributed by atoms with E-state index in [0.29, 0.717) is 18.4 Å². The van der Waals surface area contributed by atoms with Gasteiger partial charge in [-0.1, -0.05) is 6.42 Å². The number of carboxylic acids is 1. The third-order valence-corrected chi connectivity index (χ3v) is 5.39. The van der Waals surface area contributed by atoms with Crippen molar-refractivity contribution in [3.05, 3.63) is 11.3 Å². The number of fused-ring (bicyclic) bond motifs is 3. The Morgan fingerprint density at radius 1 is 1.42 bits per heavy atom. The molecule has 3 rings (SSSR count). The Morgan fingerprint density at radius 3 is 2.54 bits per heavy atom. The molecule has 5 atom stereocenters. The molecule has 3 N–H and O–H groups in total. The Bertz CT molecular complexity index is 620. The van der Waals surface area contributed by atoms with Crippen molar-refractivity contribution in [1.29, 1.82) is 0 Å². The number of amides is 3. The molecule has 9 heteroatoms. The summed E-state index contributed by atoms with van der Waals surface area (Å²) in [6.07, 6.45) is 1.26. The summed E-state index contributed by atoms with van der Waals surface area (Å²) in [7, 11) is 1.53. The van der Waals surface area contributed by atoms with Crippen LogP contribution in [0.4, 0.5) is 4.79 Å². The number of hydrogen-bond donors (Lipinski definition) is 2. The molecule has 0 aromatic carbocycles. The van der Waals surface area contributed by atoms with Gasteiger partial charge in [0.2, 0.25) is 5.91 Å². The molecule has 0 aromatic rings. The molecule has 0 unspecified atom stereocenters. The van der Waals surface area contributed by atoms with Gasteiger partial charge in [-0.15, -0.1) is 0 Å². The van der Waals surface area contributed by atoms with E-state index < -0.39 is 36.0 Å². The van der Waals surface area contributed by atoms with E-state index in [1.165, 1.54) is 23.8 Å². The van der Waals surface area contributed by atoms with E-state index in [1.54, 1.807) is 0 Å². The number of aliphatic hydroxyl groups excluding tert-OH is 1. The fraction of sp³-hybridized carbons (Fsp3) is 0.667. The summed E-state index contributed by atoms with van der Waals surface area (Å²) in [5.74, 6) is -2.61. The first kappa shape index (κ1) is 19.2. The van der Waals surface area contributed by atoms with Crippen LogP contribution in [0.5, 0.6) is 0 Å². The minimum atomic E-state index is -1.42. The van der Waals surface area contributed by atoms with Crippen molar-refractivity contribution in [3.63, 3.8) is 0 Å². The first-order valence-electron chi connectivity index (χ1n) is 7.76. The largest absolute Gasteiger partial charge is 1.00 e. The molecule has 1 saturated carbocycles. The number of rotatable bonds is 3. The zero-order chi connectivity index (χ0) is 17.0. The van der Waals surface area contributed by atoms with Gasteiger partial charge in [-0.25, -0.2) is 4.79 Å². The summed E-state index contributed by atoms with van der Waals surface area (Å²) in [6.45, 7) is 1.53. The van der Waals surface area contributed by atoms with Crippen LogP contribution in [-0.4, -0.2) is 58.0 Å². The second kappa shape index (κ2) is 6.67. The smallest absolute Gasteiger partial charge is 0.543 e. The normalized spacial score (nSPS) is 32.3. The van der Waals surface area contributed by atoms with Gasteiger partial charge in [-0.05, 0) is 25.3 Å². The Kier molecular flexibility index (Phi) is 5.34. The molecule has 3 aliphatic rings. The SMILES string of the molecule is C[C@@H](O)[C@H]1C(=O)N2C(C(=O)[O-])=C3[C@H](CCC[C@@H]3N(C)C(N)=O)[C@H]12.[Na+]. The number of β-lactam (4-membered cyclic amide) rings is 1. The number of likely N-dealkylation sites (N-methyl/N-ethyl adjacent to an activating group) is 1. The summed E-state index contributed by atoms with van der Waals surface area (Å²) >= 11 is 0. The number of urea groups is 1. The summed E-state index contributed by atoms with van der Waals surface area (Å²) in [4.78, 5) is 38.0. The average Bonchev–Trinajstić information content (AvgIpc) is 2.76. The van der Waals surface area contributed by atoms with Crippen LogP contribution in [0.15, 0.2) is 11.3 Å². The van der Waals surface area contributed by atoms with E-state index in [-0.39, 0.29) is 47.2 Å². The quantitative estimate of drug-likeness (QED) is 0.393. The van der Waals surface area contributed by atoms with Gasteiger partial charge in [-0.2, -0.15) is 0 Å². The minimum absolute atomic E-state index is 0. The molecule has 1 saturated heterocycles. The van der Waals surface area contributed by atoms with Crippen LogP contribution in [0.2, 0.25) is 0 Å². The maximum atomic E-state index is 12.3. The van der Waals surface area contributed by atoms with Crippen molar-refractivity contribution in [3.8, 4) is 0 Å². The summed E-state index contributed by atoms with van der Waals surface area (Å²) < 4.78 is 0. The molecule has 1 aliphatic carbocycles. The molecular formula is C15H20N3NaO5. The van der Waals surface area contributed by atoms with Gasteiger partial charge >= 0.3 is 35.6 Å². The van der Waals surface area contributed by atoms with Crippen molar-refractivity contribution in [2.45, 2.75) is 44.4 Å². The monoisotopic (exact) mass is 345 g/mol. The van der Waals surface area contributed by atoms with E-state index >= 15 is 0 Å². The van der Waals surface area contributed by atoms with Gasteiger partial charge in [0.05, 0.1) is 35.8 Å². The third kappa shape index (κ3) is 2.56. The zero-order valence-corrected chi connectivity index (χ0v) is 16.1. The zero-order valence-electron chi connectivity index (χ0n) is 14.1. The first-order chi connectivity index (χ1) is 10.8. The van der Waals surface area contributed by atoms with Gasteiger partial charge in [-0.3, -0.25) is 4.79 Å². The van der Waals surface area contributed by atoms with Crippen LogP contribution < -0.4 is 40.4 Å². The topological polar surface area (TPSA) is 127 Å². The van der Waals surface area contributed by atoms with Gasteiger partial charge in [0, 0.05) is 13.0 Å². The molecule has 3 amide bonds. The molecule has 8 nitrogen and oxygen atoms in total. The first-order valence-corrected chi connectivity index (χ1v) is 7.76. The van der Waals surface area contributed by atoms with Crippen molar-refractivity contribution >= 4 is 17.9 Å². The molecule has 2 heterocycles. The maximum absolute atomic E-state index is 12.3. The molecular weight excluding hydrogens is 325 g/mol. The molecule has 126 valence electrons. The van der Waals surface area contributed by atoms with E-state index in [0.717, 1.165) is 6.42 Å². The minimum Gasteiger partial charge on any atom is -0.543 e. The van der Waals surface area contributed by atoms with Crippen LogP contribution in [0.3, 0.4) is 0 Å². The van der Waals surface area contributed by atoms with Crippen LogP contribution in [0.1, 0.15) is 26.2 Å². The Hall–Kier alpha value is -1.09. The average molecular weight is 345 g/mol. The number of carboxylic acid groups (broad SMARTS) is 1. The van der Waals surface area contributed by atoms with Crippen LogP contribution in [0.25, 0.3) is 0 Å². The number of primary amides is 1. The van der Waals surface area contributed by atoms with E-state index in [1.807, 2.05) is 0 Å². The van der Waals surface area contributed by atoms with Gasteiger partial charge in [0.25, 0.3) is 0 Å². The maximum Gasteiger partial charge on any atom is 1.00 e. The fourth-order valence-corrected chi connectivity index (χ4v) is 4.40. The number of nitrogens with zero attached hydrogens (tertiary/aromatic N) is 2. The standard InChI is InChI=1S/C15H21N3O5.Na/c1-6(19)9-11-7-4-3-5-8(17(2)15(16)23)10(7)12(14(21)22)18(11)13(9)20;/h6-9,11,19H,3-5H2,1-2H3,(H2,16,23)(H,21,22);/q;+1/p-1/t6-,7+,8+,9-,11-;/m1./s1. The third-order valence-electron chi connectivity index (χ3n) is 5.39. The van der Waals surface area contributed by atoms with Crippen LogP contribution in [0, 0.1) is 11.8 Å². The van der Waals surface area contributed by atoms with Crippen LogP contribution in [-0.2, 0) is 9.59 Å². The Morgan fingerprint density at radius 2 is 2.04 bits per heavy atom. The summed E-state index contributed by atoms with van der Waals surface area (Å²) in [6, 6.07) is -1.46. The Balaban J connectivity index is 0.00000208. The molecule has 2 fully saturated rings. The number of carbonyl (C=O) groups is 3. The van der Waals surface area contributed by atoms with Crippen molar-refractivity contribution in [2.75, 3.05) is 7.05 Å². The molecule has 24 heavy (non-hydrogen) atoms. The van der Waals surface area contributed by atoms with E-state index in [9.17, 15) is 24.6 Å². The summed E-state index contributed by atoms with van der Waals surface area (Å²) in [5.41, 5.74) is 5.74. The molecule has 0 aromatic heterocycles. The number of aliphatic hydroxyl groups is 1. The van der Waals surface area contributed by atoms with E-state index in [4.69, 9.17) is 5.73 Å².